The van der Waals surface area contributed by atoms with Crippen LogP contribution in [0.5, 0.6) is 0 Å². The summed E-state index contributed by atoms with van der Waals surface area (Å²) in [7, 11) is 0. The molecule has 2 aromatic carbocycles. The Balaban J connectivity index is 1.37. The third-order valence-electron chi connectivity index (χ3n) is 4.98. The molecule has 5 nitrogen and oxygen atoms in total. The minimum absolute atomic E-state index is 0.136. The van der Waals surface area contributed by atoms with E-state index >= 15 is 0 Å². The molecule has 3 rings (SSSR count). The lowest BCUT2D eigenvalue weighted by atomic mass is 10.1. The standard InChI is InChI=1S/C22H26ClN3O2/c23-18-7-5-17(6-8-18)22(28)24-14-13-21(27)26-20-11-9-19(10-12-20)25-15-16-3-1-2-4-16/h5-12,16,25H,1-4,13-15H2,(H,24,28)(H,26,27). The van der Waals surface area contributed by atoms with E-state index in [1.807, 2.05) is 24.3 Å². The van der Waals surface area contributed by atoms with E-state index in [4.69, 9.17) is 11.6 Å². The van der Waals surface area contributed by atoms with Crippen molar-refractivity contribution in [1.29, 1.82) is 0 Å². The molecule has 0 radical (unpaired) electrons. The Morgan fingerprint density at radius 3 is 2.25 bits per heavy atom. The quantitative estimate of drug-likeness (QED) is 0.602. The minimum Gasteiger partial charge on any atom is -0.385 e. The molecule has 2 aromatic rings. The second kappa shape index (κ2) is 10.1. The van der Waals surface area contributed by atoms with Gasteiger partial charge in [-0.25, -0.2) is 0 Å². The van der Waals surface area contributed by atoms with Crippen LogP contribution >= 0.6 is 11.6 Å². The predicted molar refractivity (Wildman–Crippen MR) is 114 cm³/mol. The van der Waals surface area contributed by atoms with E-state index in [0.29, 0.717) is 10.6 Å². The van der Waals surface area contributed by atoms with Gasteiger partial charge < -0.3 is 16.0 Å². The van der Waals surface area contributed by atoms with Crippen molar-refractivity contribution in [3.05, 3.63) is 59.1 Å². The average Bonchev–Trinajstić information content (AvgIpc) is 3.21. The van der Waals surface area contributed by atoms with Crippen LogP contribution in [-0.2, 0) is 4.79 Å². The number of nitrogens with one attached hydrogen (secondary N) is 3. The van der Waals surface area contributed by atoms with Crippen molar-refractivity contribution < 1.29 is 9.59 Å². The van der Waals surface area contributed by atoms with E-state index in [-0.39, 0.29) is 24.8 Å². The van der Waals surface area contributed by atoms with Gasteiger partial charge in [-0.15, -0.1) is 0 Å². The highest BCUT2D eigenvalue weighted by molar-refractivity contribution is 6.30. The number of hydrogen-bond acceptors (Lipinski definition) is 3. The first kappa shape index (κ1) is 20.2. The van der Waals surface area contributed by atoms with Crippen molar-refractivity contribution in [2.24, 2.45) is 5.92 Å². The lowest BCUT2D eigenvalue weighted by Crippen LogP contribution is -2.27. The topological polar surface area (TPSA) is 70.2 Å². The molecule has 3 N–H and O–H groups in total. The molecule has 1 saturated carbocycles. The monoisotopic (exact) mass is 399 g/mol. The van der Waals surface area contributed by atoms with E-state index in [0.717, 1.165) is 23.8 Å². The summed E-state index contributed by atoms with van der Waals surface area (Å²) in [6, 6.07) is 14.4. The van der Waals surface area contributed by atoms with E-state index < -0.39 is 0 Å². The Kier molecular flexibility index (Phi) is 7.31. The van der Waals surface area contributed by atoms with Crippen LogP contribution in [0.25, 0.3) is 0 Å². The fourth-order valence-corrected chi connectivity index (χ4v) is 3.49. The van der Waals surface area contributed by atoms with Crippen LogP contribution in [0, 0.1) is 5.92 Å². The Hall–Kier alpha value is -2.53. The molecule has 148 valence electrons. The predicted octanol–water partition coefficient (Wildman–Crippen LogP) is 4.70. The minimum atomic E-state index is -0.220. The molecule has 1 fully saturated rings. The average molecular weight is 400 g/mol. The number of carbonyl (C=O) groups excluding carboxylic acids is 2. The molecule has 0 spiro atoms. The van der Waals surface area contributed by atoms with Crippen molar-refractivity contribution in [2.75, 3.05) is 23.7 Å². The third kappa shape index (κ3) is 6.27. The zero-order valence-electron chi connectivity index (χ0n) is 15.8. The maximum atomic E-state index is 12.1. The van der Waals surface area contributed by atoms with Crippen LogP contribution in [-0.4, -0.2) is 24.9 Å². The molecule has 1 aliphatic carbocycles. The van der Waals surface area contributed by atoms with Crippen LogP contribution in [0.15, 0.2) is 48.5 Å². The van der Waals surface area contributed by atoms with Crippen LogP contribution in [0.3, 0.4) is 0 Å². The summed E-state index contributed by atoms with van der Waals surface area (Å²) in [5.74, 6) is 0.424. The van der Waals surface area contributed by atoms with Crippen LogP contribution in [0.2, 0.25) is 5.02 Å². The largest absolute Gasteiger partial charge is 0.385 e. The zero-order chi connectivity index (χ0) is 19.8. The second-order valence-electron chi connectivity index (χ2n) is 7.17. The van der Waals surface area contributed by atoms with E-state index in [9.17, 15) is 9.59 Å². The molecule has 0 atom stereocenters. The number of benzene rings is 2. The Morgan fingerprint density at radius 1 is 0.929 bits per heavy atom. The SMILES string of the molecule is O=C(CCNC(=O)c1ccc(Cl)cc1)Nc1ccc(NCC2CCCC2)cc1. The highest BCUT2D eigenvalue weighted by Gasteiger charge is 2.14. The Labute approximate surface area is 170 Å². The summed E-state index contributed by atoms with van der Waals surface area (Å²) < 4.78 is 0. The molecule has 0 aliphatic heterocycles. The van der Waals surface area contributed by atoms with Crippen molar-refractivity contribution in [3.8, 4) is 0 Å². The maximum Gasteiger partial charge on any atom is 0.251 e. The zero-order valence-corrected chi connectivity index (χ0v) is 16.6. The maximum absolute atomic E-state index is 12.1. The number of anilines is 2. The van der Waals surface area contributed by atoms with Gasteiger partial charge in [0.1, 0.15) is 0 Å². The van der Waals surface area contributed by atoms with Crippen LogP contribution in [0.4, 0.5) is 11.4 Å². The van der Waals surface area contributed by atoms with E-state index in [1.54, 1.807) is 24.3 Å². The van der Waals surface area contributed by atoms with Gasteiger partial charge in [-0.2, -0.15) is 0 Å². The highest BCUT2D eigenvalue weighted by atomic mass is 35.5. The normalized spacial score (nSPS) is 13.9. The van der Waals surface area contributed by atoms with E-state index in [1.165, 1.54) is 25.7 Å². The number of carbonyl (C=O) groups is 2. The number of hydrogen-bond donors (Lipinski definition) is 3. The second-order valence-corrected chi connectivity index (χ2v) is 7.61. The van der Waals surface area contributed by atoms with Crippen molar-refractivity contribution in [3.63, 3.8) is 0 Å². The first-order chi connectivity index (χ1) is 13.6. The summed E-state index contributed by atoms with van der Waals surface area (Å²) in [5.41, 5.74) is 2.34. The molecule has 0 bridgehead atoms. The lowest BCUT2D eigenvalue weighted by Gasteiger charge is -2.12. The Morgan fingerprint density at radius 2 is 1.57 bits per heavy atom. The van der Waals surface area contributed by atoms with Gasteiger partial charge in [0.25, 0.3) is 5.91 Å². The van der Waals surface area contributed by atoms with Crippen LogP contribution < -0.4 is 16.0 Å². The molecule has 0 saturated heterocycles. The summed E-state index contributed by atoms with van der Waals surface area (Å²) in [4.78, 5) is 24.1. The molecule has 28 heavy (non-hydrogen) atoms. The van der Waals surface area contributed by atoms with Crippen molar-refractivity contribution >= 4 is 34.8 Å². The van der Waals surface area contributed by atoms with Gasteiger partial charge in [-0.1, -0.05) is 24.4 Å². The first-order valence-electron chi connectivity index (χ1n) is 9.78. The number of rotatable bonds is 8. The number of amides is 2. The van der Waals surface area contributed by atoms with E-state index in [2.05, 4.69) is 16.0 Å². The molecule has 0 heterocycles. The molecule has 6 heteroatoms. The molecule has 2 amide bonds. The van der Waals surface area contributed by atoms with Gasteiger partial charge in [-0.05, 0) is 67.3 Å². The first-order valence-corrected chi connectivity index (χ1v) is 10.2. The molecule has 1 aliphatic rings. The molecule has 0 unspecified atom stereocenters. The van der Waals surface area contributed by atoms with Crippen molar-refractivity contribution in [2.45, 2.75) is 32.1 Å². The van der Waals surface area contributed by atoms with Gasteiger partial charge in [0.2, 0.25) is 5.91 Å². The van der Waals surface area contributed by atoms with Gasteiger partial charge in [0.15, 0.2) is 0 Å². The fourth-order valence-electron chi connectivity index (χ4n) is 3.36. The lowest BCUT2D eigenvalue weighted by molar-refractivity contribution is -0.116. The third-order valence-corrected chi connectivity index (χ3v) is 5.23. The molecule has 0 aromatic heterocycles. The van der Waals surface area contributed by atoms with Gasteiger partial charge >= 0.3 is 0 Å². The van der Waals surface area contributed by atoms with Crippen molar-refractivity contribution in [1.82, 2.24) is 5.32 Å². The smallest absolute Gasteiger partial charge is 0.251 e. The van der Waals surface area contributed by atoms with Gasteiger partial charge in [0.05, 0.1) is 0 Å². The fraction of sp³-hybridized carbons (Fsp3) is 0.364. The molecular formula is C22H26ClN3O2. The van der Waals surface area contributed by atoms with Gasteiger partial charge in [0, 0.05) is 41.5 Å². The number of halogens is 1. The summed E-state index contributed by atoms with van der Waals surface area (Å²) in [6.07, 6.45) is 5.53. The molecular weight excluding hydrogens is 374 g/mol. The van der Waals surface area contributed by atoms with Crippen LogP contribution in [0.1, 0.15) is 42.5 Å². The highest BCUT2D eigenvalue weighted by Crippen LogP contribution is 2.25. The van der Waals surface area contributed by atoms with Gasteiger partial charge in [-0.3, -0.25) is 9.59 Å². The Bertz CT molecular complexity index is 784. The summed E-state index contributed by atoms with van der Waals surface area (Å²) in [5, 5.41) is 9.63. The summed E-state index contributed by atoms with van der Waals surface area (Å²) >= 11 is 5.81. The summed E-state index contributed by atoms with van der Waals surface area (Å²) in [6.45, 7) is 1.29.